The first-order valence-corrected chi connectivity index (χ1v) is 5.63. The van der Waals surface area contributed by atoms with Gasteiger partial charge >= 0.3 is 0 Å². The zero-order valence-electron chi connectivity index (χ0n) is 10.4. The molecule has 0 aliphatic rings. The Kier molecular flexibility index (Phi) is 8.15. The standard InChI is InChI=1S/C11H23NO4/c1-4-11(14,5-2)9-12-10(13)8-16-7-6-15-3/h14H,4-9H2,1-3H3,(H,12,13). The van der Waals surface area contributed by atoms with Crippen molar-refractivity contribution < 1.29 is 19.4 Å². The average molecular weight is 233 g/mol. The third kappa shape index (κ3) is 6.76. The number of aliphatic hydroxyl groups is 1. The number of amides is 1. The molecule has 1 amide bonds. The number of carbonyl (C=O) groups excluding carboxylic acids is 1. The van der Waals surface area contributed by atoms with Crippen LogP contribution in [0.3, 0.4) is 0 Å². The fourth-order valence-electron chi connectivity index (χ4n) is 1.12. The predicted octanol–water partition coefficient (Wildman–Crippen LogP) is 0.317. The number of rotatable bonds is 9. The van der Waals surface area contributed by atoms with Crippen LogP contribution in [0, 0.1) is 0 Å². The van der Waals surface area contributed by atoms with Crippen LogP contribution >= 0.6 is 0 Å². The molecule has 0 spiro atoms. The molecule has 0 heterocycles. The highest BCUT2D eigenvalue weighted by Gasteiger charge is 2.22. The molecular weight excluding hydrogens is 210 g/mol. The summed E-state index contributed by atoms with van der Waals surface area (Å²) in [6.07, 6.45) is 1.24. The molecule has 0 rings (SSSR count). The van der Waals surface area contributed by atoms with Gasteiger partial charge in [0.2, 0.25) is 5.91 Å². The molecule has 16 heavy (non-hydrogen) atoms. The van der Waals surface area contributed by atoms with E-state index in [1.54, 1.807) is 7.11 Å². The van der Waals surface area contributed by atoms with Gasteiger partial charge < -0.3 is 19.9 Å². The highest BCUT2D eigenvalue weighted by molar-refractivity contribution is 5.77. The van der Waals surface area contributed by atoms with Crippen LogP contribution in [-0.2, 0) is 14.3 Å². The van der Waals surface area contributed by atoms with E-state index in [-0.39, 0.29) is 19.1 Å². The molecule has 0 aliphatic carbocycles. The van der Waals surface area contributed by atoms with E-state index in [9.17, 15) is 9.90 Å². The van der Waals surface area contributed by atoms with Crippen molar-refractivity contribution in [1.29, 1.82) is 0 Å². The summed E-state index contributed by atoms with van der Waals surface area (Å²) in [6, 6.07) is 0. The van der Waals surface area contributed by atoms with E-state index in [4.69, 9.17) is 9.47 Å². The van der Waals surface area contributed by atoms with Crippen LogP contribution in [-0.4, -0.2) is 50.1 Å². The first-order chi connectivity index (χ1) is 7.58. The highest BCUT2D eigenvalue weighted by atomic mass is 16.5. The summed E-state index contributed by atoms with van der Waals surface area (Å²) in [6.45, 7) is 4.94. The first kappa shape index (κ1) is 15.3. The van der Waals surface area contributed by atoms with Gasteiger partial charge in [-0.2, -0.15) is 0 Å². The van der Waals surface area contributed by atoms with E-state index in [2.05, 4.69) is 5.32 Å². The molecule has 0 unspecified atom stereocenters. The van der Waals surface area contributed by atoms with Crippen molar-refractivity contribution in [3.05, 3.63) is 0 Å². The minimum Gasteiger partial charge on any atom is -0.388 e. The maximum atomic E-state index is 11.3. The molecule has 0 fully saturated rings. The monoisotopic (exact) mass is 233 g/mol. The maximum absolute atomic E-state index is 11.3. The Labute approximate surface area is 97.1 Å². The van der Waals surface area contributed by atoms with Crippen molar-refractivity contribution >= 4 is 5.91 Å². The van der Waals surface area contributed by atoms with Gasteiger partial charge in [-0.3, -0.25) is 4.79 Å². The van der Waals surface area contributed by atoms with Gasteiger partial charge in [0, 0.05) is 13.7 Å². The second-order valence-corrected chi connectivity index (χ2v) is 3.75. The molecular formula is C11H23NO4. The van der Waals surface area contributed by atoms with Crippen molar-refractivity contribution in [2.45, 2.75) is 32.3 Å². The third-order valence-electron chi connectivity index (χ3n) is 2.60. The summed E-state index contributed by atoms with van der Waals surface area (Å²) in [5.41, 5.74) is -0.803. The third-order valence-corrected chi connectivity index (χ3v) is 2.60. The van der Waals surface area contributed by atoms with Crippen LogP contribution in [0.1, 0.15) is 26.7 Å². The van der Waals surface area contributed by atoms with Gasteiger partial charge in [-0.15, -0.1) is 0 Å². The number of carbonyl (C=O) groups is 1. The highest BCUT2D eigenvalue weighted by Crippen LogP contribution is 2.12. The van der Waals surface area contributed by atoms with Crippen molar-refractivity contribution in [2.24, 2.45) is 0 Å². The summed E-state index contributed by atoms with van der Waals surface area (Å²) in [7, 11) is 1.58. The molecule has 2 N–H and O–H groups in total. The predicted molar refractivity (Wildman–Crippen MR) is 61.2 cm³/mol. The van der Waals surface area contributed by atoms with Crippen molar-refractivity contribution in [1.82, 2.24) is 5.32 Å². The first-order valence-electron chi connectivity index (χ1n) is 5.63. The molecule has 0 aliphatic heterocycles. The van der Waals surface area contributed by atoms with E-state index in [0.29, 0.717) is 26.1 Å². The smallest absolute Gasteiger partial charge is 0.246 e. The van der Waals surface area contributed by atoms with Gasteiger partial charge in [0.25, 0.3) is 0 Å². The molecule has 0 aromatic rings. The number of hydrogen-bond donors (Lipinski definition) is 2. The maximum Gasteiger partial charge on any atom is 0.246 e. The number of methoxy groups -OCH3 is 1. The molecule has 0 aromatic heterocycles. The second kappa shape index (κ2) is 8.50. The van der Waals surface area contributed by atoms with Crippen LogP contribution < -0.4 is 5.32 Å². The Bertz CT molecular complexity index is 192. The Morgan fingerprint density at radius 2 is 1.94 bits per heavy atom. The van der Waals surface area contributed by atoms with E-state index < -0.39 is 5.60 Å². The average Bonchev–Trinajstić information content (AvgIpc) is 2.31. The number of ether oxygens (including phenoxy) is 2. The minimum atomic E-state index is -0.803. The zero-order valence-corrected chi connectivity index (χ0v) is 10.4. The fourth-order valence-corrected chi connectivity index (χ4v) is 1.12. The molecule has 5 nitrogen and oxygen atoms in total. The van der Waals surface area contributed by atoms with Crippen LogP contribution in [0.15, 0.2) is 0 Å². The number of nitrogens with one attached hydrogen (secondary N) is 1. The lowest BCUT2D eigenvalue weighted by atomic mass is 9.98. The topological polar surface area (TPSA) is 67.8 Å². The van der Waals surface area contributed by atoms with Gasteiger partial charge in [0.1, 0.15) is 6.61 Å². The normalized spacial score (nSPS) is 11.5. The molecule has 0 saturated carbocycles. The van der Waals surface area contributed by atoms with Gasteiger partial charge in [-0.25, -0.2) is 0 Å². The lowest BCUT2D eigenvalue weighted by molar-refractivity contribution is -0.127. The van der Waals surface area contributed by atoms with Crippen LogP contribution in [0.5, 0.6) is 0 Å². The molecule has 0 atom stereocenters. The quantitative estimate of drug-likeness (QED) is 0.563. The number of hydrogen-bond acceptors (Lipinski definition) is 4. The van der Waals surface area contributed by atoms with Crippen molar-refractivity contribution in [3.8, 4) is 0 Å². The van der Waals surface area contributed by atoms with Gasteiger partial charge in [-0.1, -0.05) is 13.8 Å². The molecule has 0 radical (unpaired) electrons. The van der Waals surface area contributed by atoms with Crippen LogP contribution in [0.2, 0.25) is 0 Å². The van der Waals surface area contributed by atoms with E-state index >= 15 is 0 Å². The lowest BCUT2D eigenvalue weighted by Gasteiger charge is -2.25. The van der Waals surface area contributed by atoms with E-state index in [1.807, 2.05) is 13.8 Å². The molecule has 0 saturated heterocycles. The Morgan fingerprint density at radius 3 is 2.44 bits per heavy atom. The van der Waals surface area contributed by atoms with E-state index in [0.717, 1.165) is 0 Å². The van der Waals surface area contributed by atoms with Crippen LogP contribution in [0.4, 0.5) is 0 Å². The Balaban J connectivity index is 3.64. The molecule has 5 heteroatoms. The van der Waals surface area contributed by atoms with Crippen molar-refractivity contribution in [3.63, 3.8) is 0 Å². The van der Waals surface area contributed by atoms with Gasteiger partial charge in [-0.05, 0) is 12.8 Å². The van der Waals surface area contributed by atoms with Crippen molar-refractivity contribution in [2.75, 3.05) is 33.5 Å². The summed E-state index contributed by atoms with van der Waals surface area (Å²) >= 11 is 0. The van der Waals surface area contributed by atoms with E-state index in [1.165, 1.54) is 0 Å². The largest absolute Gasteiger partial charge is 0.388 e. The van der Waals surface area contributed by atoms with Gasteiger partial charge in [0.15, 0.2) is 0 Å². The second-order valence-electron chi connectivity index (χ2n) is 3.75. The lowest BCUT2D eigenvalue weighted by Crippen LogP contribution is -2.43. The van der Waals surface area contributed by atoms with Gasteiger partial charge in [0.05, 0.1) is 18.8 Å². The molecule has 0 bridgehead atoms. The summed E-state index contributed by atoms with van der Waals surface area (Å²) in [5, 5.41) is 12.6. The minimum absolute atomic E-state index is 0.00681. The fraction of sp³-hybridized carbons (Fsp3) is 0.909. The molecule has 0 aromatic carbocycles. The summed E-state index contributed by atoms with van der Waals surface area (Å²) in [4.78, 5) is 11.3. The van der Waals surface area contributed by atoms with Crippen LogP contribution in [0.25, 0.3) is 0 Å². The Hall–Kier alpha value is -0.650. The summed E-state index contributed by atoms with van der Waals surface area (Å²) < 4.78 is 9.83. The SMILES string of the molecule is CCC(O)(CC)CNC(=O)COCCOC. The zero-order chi connectivity index (χ0) is 12.4. The summed E-state index contributed by atoms with van der Waals surface area (Å²) in [5.74, 6) is -0.212. The molecule has 96 valence electrons. The Morgan fingerprint density at radius 1 is 1.31 bits per heavy atom.